The molecule has 3 fully saturated rings. The number of carbonyl (C=O) groups is 1. The predicted octanol–water partition coefficient (Wildman–Crippen LogP) is 4.53. The highest BCUT2D eigenvalue weighted by Crippen LogP contribution is 2.44. The topological polar surface area (TPSA) is 78.5 Å². The Hall–Kier alpha value is -2.54. The van der Waals surface area contributed by atoms with E-state index in [1.165, 1.54) is 6.07 Å². The number of fused-ring (bicyclic) bond motifs is 1. The fraction of sp³-hybridized carbons (Fsp3) is 0.567. The Bertz CT molecular complexity index is 1200. The number of hydrazine groups is 1. The third-order valence-electron chi connectivity index (χ3n) is 7.69. The number of carbonyl (C=O) groups excluding carboxylic acids is 1. The second-order valence-corrected chi connectivity index (χ2v) is 11.4. The molecule has 5 rings (SSSR count). The summed E-state index contributed by atoms with van der Waals surface area (Å²) in [6.07, 6.45) is -5.76. The van der Waals surface area contributed by atoms with Gasteiger partial charge in [-0.25, -0.2) is 5.01 Å². The Balaban J connectivity index is 1.42. The van der Waals surface area contributed by atoms with Gasteiger partial charge in [0.2, 0.25) is 0 Å². The molecular weight excluding hydrogens is 541 g/mol. The van der Waals surface area contributed by atoms with Crippen molar-refractivity contribution in [3.63, 3.8) is 0 Å². The molecule has 0 radical (unpaired) electrons. The number of hydrogen-bond acceptors (Lipinski definition) is 7. The summed E-state index contributed by atoms with van der Waals surface area (Å²) in [6.45, 7) is 7.64. The van der Waals surface area contributed by atoms with Crippen LogP contribution in [0.3, 0.4) is 0 Å². The van der Waals surface area contributed by atoms with Gasteiger partial charge in [0.05, 0.1) is 44.2 Å². The molecule has 1 saturated carbocycles. The van der Waals surface area contributed by atoms with Gasteiger partial charge in [0.15, 0.2) is 11.4 Å². The van der Waals surface area contributed by atoms with Gasteiger partial charge in [-0.05, 0) is 44.0 Å². The van der Waals surface area contributed by atoms with Gasteiger partial charge in [-0.1, -0.05) is 42.0 Å². The number of rotatable bonds is 8. The maximum Gasteiger partial charge on any atom is 0.416 e. The molecule has 2 heterocycles. The maximum atomic E-state index is 14.0. The molecule has 2 aliphatic heterocycles. The van der Waals surface area contributed by atoms with Crippen LogP contribution in [0.1, 0.15) is 48.9 Å². The van der Waals surface area contributed by atoms with Crippen LogP contribution in [-0.4, -0.2) is 66.9 Å². The van der Waals surface area contributed by atoms with Crippen LogP contribution in [0.25, 0.3) is 0 Å². The SMILES string of the molecule is Cc1ccc(CO[C@H]2C[C@](OCc3cccc(C(F)(F)F)c3)(C(=O)NN3CCOCC3)C[C@H]3OC(C)(C)O[C@@H]23)cc1. The highest BCUT2D eigenvalue weighted by Gasteiger charge is 2.58. The maximum absolute atomic E-state index is 14.0. The van der Waals surface area contributed by atoms with E-state index in [0.29, 0.717) is 31.9 Å². The van der Waals surface area contributed by atoms with Gasteiger partial charge in [0, 0.05) is 25.9 Å². The zero-order valence-corrected chi connectivity index (χ0v) is 23.5. The van der Waals surface area contributed by atoms with Crippen molar-refractivity contribution < 1.29 is 41.7 Å². The van der Waals surface area contributed by atoms with E-state index in [0.717, 1.165) is 23.3 Å². The van der Waals surface area contributed by atoms with Crippen LogP contribution < -0.4 is 5.43 Å². The van der Waals surface area contributed by atoms with Crippen molar-refractivity contribution in [3.8, 4) is 0 Å². The highest BCUT2D eigenvalue weighted by molar-refractivity contribution is 5.85. The molecule has 2 aromatic carbocycles. The number of hydrogen-bond donors (Lipinski definition) is 1. The summed E-state index contributed by atoms with van der Waals surface area (Å²) in [4.78, 5) is 14.0. The van der Waals surface area contributed by atoms with E-state index >= 15 is 0 Å². The van der Waals surface area contributed by atoms with Gasteiger partial charge in [-0.3, -0.25) is 10.2 Å². The van der Waals surface area contributed by atoms with E-state index in [2.05, 4.69) is 5.43 Å². The van der Waals surface area contributed by atoms with Crippen LogP contribution in [0.15, 0.2) is 48.5 Å². The van der Waals surface area contributed by atoms with Gasteiger partial charge in [-0.15, -0.1) is 0 Å². The third-order valence-corrected chi connectivity index (χ3v) is 7.69. The fourth-order valence-corrected chi connectivity index (χ4v) is 5.58. The summed E-state index contributed by atoms with van der Waals surface area (Å²) in [6, 6.07) is 12.9. The van der Waals surface area contributed by atoms with E-state index in [1.54, 1.807) is 24.9 Å². The number of nitrogens with one attached hydrogen (secondary N) is 1. The Morgan fingerprint density at radius 2 is 1.76 bits per heavy atom. The fourth-order valence-electron chi connectivity index (χ4n) is 5.58. The molecule has 0 unspecified atom stereocenters. The average Bonchev–Trinajstić information content (AvgIpc) is 3.25. The van der Waals surface area contributed by atoms with Crippen molar-refractivity contribution in [2.24, 2.45) is 0 Å². The number of benzene rings is 2. The monoisotopic (exact) mass is 578 g/mol. The molecule has 1 aliphatic carbocycles. The van der Waals surface area contributed by atoms with Gasteiger partial charge < -0.3 is 23.7 Å². The van der Waals surface area contributed by atoms with Gasteiger partial charge in [0.25, 0.3) is 5.91 Å². The summed E-state index contributed by atoms with van der Waals surface area (Å²) >= 11 is 0. The minimum Gasteiger partial charge on any atom is -0.379 e. The predicted molar refractivity (Wildman–Crippen MR) is 142 cm³/mol. The first kappa shape index (κ1) is 29.9. The molecule has 4 atom stereocenters. The largest absolute Gasteiger partial charge is 0.416 e. The van der Waals surface area contributed by atoms with Crippen molar-refractivity contribution in [2.75, 3.05) is 26.3 Å². The first-order chi connectivity index (χ1) is 19.4. The molecule has 0 spiro atoms. The number of amides is 1. The van der Waals surface area contributed by atoms with Crippen LogP contribution in [0, 0.1) is 6.92 Å². The lowest BCUT2D eigenvalue weighted by Crippen LogP contribution is -2.63. The summed E-state index contributed by atoms with van der Waals surface area (Å²) in [5.74, 6) is -1.31. The normalized spacial score (nSPS) is 28.3. The zero-order valence-electron chi connectivity index (χ0n) is 23.5. The number of halogens is 3. The Labute approximate surface area is 238 Å². The highest BCUT2D eigenvalue weighted by atomic mass is 19.4. The molecule has 8 nitrogen and oxygen atoms in total. The molecule has 0 bridgehead atoms. The van der Waals surface area contributed by atoms with Gasteiger partial charge in [-0.2, -0.15) is 13.2 Å². The lowest BCUT2D eigenvalue weighted by molar-refractivity contribution is -0.187. The van der Waals surface area contributed by atoms with Crippen molar-refractivity contribution in [3.05, 3.63) is 70.8 Å². The number of alkyl halides is 3. The molecule has 224 valence electrons. The average molecular weight is 579 g/mol. The van der Waals surface area contributed by atoms with Crippen molar-refractivity contribution >= 4 is 5.91 Å². The van der Waals surface area contributed by atoms with E-state index < -0.39 is 47.3 Å². The smallest absolute Gasteiger partial charge is 0.379 e. The minimum absolute atomic E-state index is 0.134. The first-order valence-electron chi connectivity index (χ1n) is 13.9. The molecular formula is C30H37F3N2O6. The number of nitrogens with zero attached hydrogens (tertiary/aromatic N) is 1. The first-order valence-corrected chi connectivity index (χ1v) is 13.9. The second kappa shape index (κ2) is 12.0. The molecule has 2 saturated heterocycles. The zero-order chi connectivity index (χ0) is 29.3. The summed E-state index contributed by atoms with van der Waals surface area (Å²) < 4.78 is 70.7. The number of aryl methyl sites for hydroxylation is 1. The van der Waals surface area contributed by atoms with E-state index in [-0.39, 0.29) is 26.1 Å². The summed E-state index contributed by atoms with van der Waals surface area (Å²) in [5, 5.41) is 1.77. The molecule has 3 aliphatic rings. The van der Waals surface area contributed by atoms with Crippen molar-refractivity contribution in [2.45, 2.75) is 82.7 Å². The minimum atomic E-state index is -4.49. The standard InChI is InChI=1S/C30H37F3N2O6/c1-20-7-9-21(10-8-20)18-38-24-16-29(17-25-26(24)41-28(2,3)40-25,27(36)34-35-11-13-37-14-12-35)39-19-22-5-4-6-23(15-22)30(31,32)33/h4-10,15,24-26H,11-14,16-19H2,1-3H3,(H,34,36)/t24-,25+,26-,29+/m0/s1. The molecule has 1 amide bonds. The summed E-state index contributed by atoms with van der Waals surface area (Å²) in [5.41, 5.74) is 3.13. The lowest BCUT2D eigenvalue weighted by Gasteiger charge is -2.44. The van der Waals surface area contributed by atoms with Crippen LogP contribution >= 0.6 is 0 Å². The van der Waals surface area contributed by atoms with Crippen LogP contribution in [0.2, 0.25) is 0 Å². The molecule has 2 aromatic rings. The van der Waals surface area contributed by atoms with Crippen molar-refractivity contribution in [1.29, 1.82) is 0 Å². The summed E-state index contributed by atoms with van der Waals surface area (Å²) in [7, 11) is 0. The second-order valence-electron chi connectivity index (χ2n) is 11.4. The Kier molecular flexibility index (Phi) is 8.75. The number of ether oxygens (including phenoxy) is 5. The molecule has 0 aromatic heterocycles. The lowest BCUT2D eigenvalue weighted by atomic mass is 9.78. The molecule has 41 heavy (non-hydrogen) atoms. The molecule has 11 heteroatoms. The van der Waals surface area contributed by atoms with Gasteiger partial charge in [0.1, 0.15) is 6.10 Å². The van der Waals surface area contributed by atoms with Crippen LogP contribution in [-0.2, 0) is 47.9 Å². The third kappa shape index (κ3) is 7.28. The van der Waals surface area contributed by atoms with E-state index in [1.807, 2.05) is 31.2 Å². The van der Waals surface area contributed by atoms with Gasteiger partial charge >= 0.3 is 6.18 Å². The van der Waals surface area contributed by atoms with E-state index in [4.69, 9.17) is 23.7 Å². The van der Waals surface area contributed by atoms with Crippen LogP contribution in [0.5, 0.6) is 0 Å². The Morgan fingerprint density at radius 3 is 2.46 bits per heavy atom. The van der Waals surface area contributed by atoms with Crippen molar-refractivity contribution in [1.82, 2.24) is 10.4 Å². The van der Waals surface area contributed by atoms with Crippen LogP contribution in [0.4, 0.5) is 13.2 Å². The van der Waals surface area contributed by atoms with E-state index in [9.17, 15) is 18.0 Å². The molecule has 1 N–H and O–H groups in total. The number of morpholine rings is 1. The Morgan fingerprint density at radius 1 is 1.02 bits per heavy atom. The quantitative estimate of drug-likeness (QED) is 0.493.